The number of nitrogens with one attached hydrogen (secondary N) is 1. The van der Waals surface area contributed by atoms with E-state index in [2.05, 4.69) is 27.2 Å². The third-order valence-corrected chi connectivity index (χ3v) is 7.88. The number of methoxy groups -OCH3 is 1. The zero-order chi connectivity index (χ0) is 22.2. The molecule has 0 bridgehead atoms. The molecule has 2 heterocycles. The Bertz CT molecular complexity index is 958. The minimum atomic E-state index is -0.894. The van der Waals surface area contributed by atoms with Crippen LogP contribution in [-0.4, -0.2) is 54.4 Å². The zero-order valence-corrected chi connectivity index (χ0v) is 18.8. The van der Waals surface area contributed by atoms with Crippen molar-refractivity contribution in [2.45, 2.75) is 55.7 Å². The molecule has 170 valence electrons. The fraction of sp³-hybridized carbons (Fsp3) is 0.500. The van der Waals surface area contributed by atoms with Crippen LogP contribution in [0.3, 0.4) is 0 Å². The number of hydrogen-bond acceptors (Lipinski definition) is 5. The Morgan fingerprint density at radius 2 is 1.81 bits per heavy atom. The van der Waals surface area contributed by atoms with E-state index in [9.17, 15) is 9.90 Å². The van der Waals surface area contributed by atoms with E-state index in [1.807, 2.05) is 42.5 Å². The number of amides is 1. The summed E-state index contributed by atoms with van der Waals surface area (Å²) in [6.45, 7) is 2.15. The smallest absolute Gasteiger partial charge is 0.247 e. The number of hydrogen-bond donors (Lipinski definition) is 2. The fourth-order valence-electron chi connectivity index (χ4n) is 6.09. The second kappa shape index (κ2) is 8.41. The predicted molar refractivity (Wildman–Crippen MR) is 125 cm³/mol. The van der Waals surface area contributed by atoms with Crippen LogP contribution in [0, 0.1) is 0 Å². The van der Waals surface area contributed by atoms with Gasteiger partial charge >= 0.3 is 0 Å². The molecule has 3 fully saturated rings. The van der Waals surface area contributed by atoms with Crippen molar-refractivity contribution >= 4 is 11.6 Å². The molecule has 3 aliphatic rings. The zero-order valence-electron chi connectivity index (χ0n) is 18.8. The molecule has 6 heteroatoms. The maximum absolute atomic E-state index is 13.0. The highest BCUT2D eigenvalue weighted by Crippen LogP contribution is 2.44. The van der Waals surface area contributed by atoms with Gasteiger partial charge in [0.15, 0.2) is 0 Å². The monoisotopic (exact) mass is 435 g/mol. The van der Waals surface area contributed by atoms with E-state index >= 15 is 0 Å². The van der Waals surface area contributed by atoms with Crippen LogP contribution in [0.2, 0.25) is 0 Å². The molecule has 2 unspecified atom stereocenters. The predicted octanol–water partition coefficient (Wildman–Crippen LogP) is 3.25. The normalized spacial score (nSPS) is 28.0. The van der Waals surface area contributed by atoms with Crippen LogP contribution in [0.25, 0.3) is 0 Å². The summed E-state index contributed by atoms with van der Waals surface area (Å²) in [6, 6.07) is 18.2. The van der Waals surface area contributed by atoms with Crippen LogP contribution >= 0.6 is 0 Å². The Kier molecular flexibility index (Phi) is 5.59. The molecule has 2 N–H and O–H groups in total. The third-order valence-electron chi connectivity index (χ3n) is 7.88. The van der Waals surface area contributed by atoms with E-state index in [4.69, 9.17) is 4.74 Å². The number of para-hydroxylation sites is 1. The Morgan fingerprint density at radius 3 is 2.56 bits per heavy atom. The highest BCUT2D eigenvalue weighted by Gasteiger charge is 2.53. The Hall–Kier alpha value is -2.57. The van der Waals surface area contributed by atoms with Crippen LogP contribution in [0.1, 0.15) is 44.1 Å². The van der Waals surface area contributed by atoms with Gasteiger partial charge in [-0.05, 0) is 55.5 Å². The summed E-state index contributed by atoms with van der Waals surface area (Å²) in [7, 11) is 1.66. The first kappa shape index (κ1) is 21.3. The standard InChI is InChI=1S/C26H33N3O3/c1-32-22-11-7-8-20(18-22)26(31)13-6-5-12-23(26)28-16-14-25(15-17-28)24(30)27-19-29(25)21-9-3-2-4-10-21/h2-4,7-11,18,23,31H,5-6,12-17,19H2,1H3,(H,27,30). The lowest BCUT2D eigenvalue weighted by Crippen LogP contribution is -2.61. The molecule has 1 aliphatic carbocycles. The Balaban J connectivity index is 1.38. The number of anilines is 1. The van der Waals surface area contributed by atoms with E-state index in [1.165, 1.54) is 0 Å². The van der Waals surface area contributed by atoms with Crippen molar-refractivity contribution in [3.63, 3.8) is 0 Å². The van der Waals surface area contributed by atoms with Crippen molar-refractivity contribution in [1.29, 1.82) is 0 Å². The maximum Gasteiger partial charge on any atom is 0.247 e. The van der Waals surface area contributed by atoms with Crippen molar-refractivity contribution in [3.05, 3.63) is 60.2 Å². The van der Waals surface area contributed by atoms with Gasteiger partial charge in [-0.2, -0.15) is 0 Å². The second-order valence-corrected chi connectivity index (χ2v) is 9.41. The van der Waals surface area contributed by atoms with E-state index < -0.39 is 11.1 Å². The highest BCUT2D eigenvalue weighted by atomic mass is 16.5. The average Bonchev–Trinajstić information content (AvgIpc) is 3.16. The lowest BCUT2D eigenvalue weighted by atomic mass is 9.73. The summed E-state index contributed by atoms with van der Waals surface area (Å²) in [5.74, 6) is 0.909. The molecule has 6 nitrogen and oxygen atoms in total. The molecule has 0 radical (unpaired) electrons. The number of benzene rings is 2. The van der Waals surface area contributed by atoms with Crippen LogP contribution < -0.4 is 15.0 Å². The summed E-state index contributed by atoms with van der Waals surface area (Å²) in [6.07, 6.45) is 5.39. The number of aliphatic hydroxyl groups is 1. The van der Waals surface area contributed by atoms with E-state index in [0.29, 0.717) is 6.67 Å². The first-order chi connectivity index (χ1) is 15.6. The third kappa shape index (κ3) is 3.46. The molecule has 5 rings (SSSR count). The van der Waals surface area contributed by atoms with Gasteiger partial charge in [-0.25, -0.2) is 0 Å². The molecule has 1 saturated carbocycles. The van der Waals surface area contributed by atoms with Crippen LogP contribution in [0.5, 0.6) is 5.75 Å². The van der Waals surface area contributed by atoms with E-state index in [1.54, 1.807) is 7.11 Å². The minimum Gasteiger partial charge on any atom is -0.497 e. The summed E-state index contributed by atoms with van der Waals surface area (Å²) in [4.78, 5) is 17.7. The van der Waals surface area contributed by atoms with Crippen LogP contribution in [-0.2, 0) is 10.4 Å². The van der Waals surface area contributed by atoms with Gasteiger partial charge in [0, 0.05) is 24.8 Å². The van der Waals surface area contributed by atoms with Gasteiger partial charge in [0.25, 0.3) is 0 Å². The second-order valence-electron chi connectivity index (χ2n) is 9.41. The quantitative estimate of drug-likeness (QED) is 0.772. The lowest BCUT2D eigenvalue weighted by molar-refractivity contribution is -0.127. The number of ether oxygens (including phenoxy) is 1. The van der Waals surface area contributed by atoms with Crippen LogP contribution in [0.15, 0.2) is 54.6 Å². The molecule has 2 atom stereocenters. The van der Waals surface area contributed by atoms with E-state index in [0.717, 1.165) is 68.6 Å². The molecule has 1 spiro atoms. The number of nitrogens with zero attached hydrogens (tertiary/aromatic N) is 2. The summed E-state index contributed by atoms with van der Waals surface area (Å²) in [5, 5.41) is 15.0. The number of carbonyl (C=O) groups excluding carboxylic acids is 1. The molecule has 32 heavy (non-hydrogen) atoms. The molecule has 2 saturated heterocycles. The van der Waals surface area contributed by atoms with Gasteiger partial charge in [0.2, 0.25) is 5.91 Å². The first-order valence-corrected chi connectivity index (χ1v) is 11.8. The molecule has 2 aromatic rings. The summed E-state index contributed by atoms with van der Waals surface area (Å²) >= 11 is 0. The molecular weight excluding hydrogens is 402 g/mol. The topological polar surface area (TPSA) is 65.0 Å². The molecular formula is C26H33N3O3. The largest absolute Gasteiger partial charge is 0.497 e. The highest BCUT2D eigenvalue weighted by molar-refractivity contribution is 5.93. The first-order valence-electron chi connectivity index (χ1n) is 11.8. The number of likely N-dealkylation sites (tertiary alicyclic amines) is 1. The summed E-state index contributed by atoms with van der Waals surface area (Å²) < 4.78 is 5.43. The average molecular weight is 436 g/mol. The van der Waals surface area contributed by atoms with Crippen molar-refractivity contribution in [2.75, 3.05) is 31.8 Å². The van der Waals surface area contributed by atoms with Crippen molar-refractivity contribution in [2.24, 2.45) is 0 Å². The SMILES string of the molecule is COc1cccc(C2(O)CCCCC2N2CCC3(CC2)C(=O)NCN3c2ccccc2)c1. The number of piperidine rings is 1. The maximum atomic E-state index is 13.0. The number of carbonyl (C=O) groups is 1. The Labute approximate surface area is 190 Å². The molecule has 2 aliphatic heterocycles. The van der Waals surface area contributed by atoms with Gasteiger partial charge in [0.1, 0.15) is 16.9 Å². The van der Waals surface area contributed by atoms with Crippen LogP contribution in [0.4, 0.5) is 5.69 Å². The Morgan fingerprint density at radius 1 is 1.03 bits per heavy atom. The van der Waals surface area contributed by atoms with E-state index in [-0.39, 0.29) is 11.9 Å². The minimum absolute atomic E-state index is 0.0512. The molecule has 1 amide bonds. The van der Waals surface area contributed by atoms with Gasteiger partial charge in [-0.1, -0.05) is 43.2 Å². The van der Waals surface area contributed by atoms with Crippen molar-refractivity contribution in [1.82, 2.24) is 10.2 Å². The van der Waals surface area contributed by atoms with Gasteiger partial charge in [0.05, 0.1) is 13.8 Å². The van der Waals surface area contributed by atoms with Gasteiger partial charge < -0.3 is 20.1 Å². The molecule has 0 aromatic heterocycles. The summed E-state index contributed by atoms with van der Waals surface area (Å²) in [5.41, 5.74) is 0.630. The van der Waals surface area contributed by atoms with Crippen molar-refractivity contribution < 1.29 is 14.6 Å². The molecule has 2 aromatic carbocycles. The van der Waals surface area contributed by atoms with Gasteiger partial charge in [-0.3, -0.25) is 9.69 Å². The number of rotatable bonds is 4. The fourth-order valence-corrected chi connectivity index (χ4v) is 6.09. The lowest BCUT2D eigenvalue weighted by Gasteiger charge is -2.51. The van der Waals surface area contributed by atoms with Gasteiger partial charge in [-0.15, -0.1) is 0 Å². The van der Waals surface area contributed by atoms with Crippen molar-refractivity contribution in [3.8, 4) is 5.75 Å².